The Hall–Kier alpha value is -1.14. The van der Waals surface area contributed by atoms with Crippen LogP contribution in [-0.4, -0.2) is 96.4 Å². The topological polar surface area (TPSA) is 47.1 Å². The van der Waals surface area contributed by atoms with Crippen LogP contribution in [0.5, 0.6) is 0 Å². The van der Waals surface area contributed by atoms with E-state index in [0.29, 0.717) is 31.5 Å². The van der Waals surface area contributed by atoms with E-state index < -0.39 is 0 Å². The summed E-state index contributed by atoms with van der Waals surface area (Å²) >= 11 is 0. The van der Waals surface area contributed by atoms with Crippen LogP contribution in [0.2, 0.25) is 0 Å². The van der Waals surface area contributed by atoms with Gasteiger partial charge < -0.3 is 14.7 Å². The predicted molar refractivity (Wildman–Crippen MR) is 96.2 cm³/mol. The molecule has 2 amide bonds. The first-order valence-corrected chi connectivity index (χ1v) is 10.2. The molecule has 4 rings (SSSR count). The lowest BCUT2D eigenvalue weighted by atomic mass is 10.0. The highest BCUT2D eigenvalue weighted by Crippen LogP contribution is 2.31. The van der Waals surface area contributed by atoms with Crippen LogP contribution in [-0.2, 0) is 9.59 Å². The second kappa shape index (κ2) is 7.62. The van der Waals surface area contributed by atoms with Crippen LogP contribution in [0.25, 0.3) is 0 Å². The van der Waals surface area contributed by atoms with Gasteiger partial charge in [-0.1, -0.05) is 0 Å². The van der Waals surface area contributed by atoms with Crippen molar-refractivity contribution < 1.29 is 9.59 Å². The lowest BCUT2D eigenvalue weighted by Gasteiger charge is -2.38. The quantitative estimate of drug-likeness (QED) is 0.748. The number of likely N-dealkylation sites (tertiary alicyclic amines) is 2. The number of piperazine rings is 1. The van der Waals surface area contributed by atoms with Gasteiger partial charge in [0.2, 0.25) is 11.8 Å². The first kappa shape index (κ1) is 17.3. The molecule has 3 aliphatic heterocycles. The third-order valence-corrected chi connectivity index (χ3v) is 6.44. The van der Waals surface area contributed by atoms with Crippen molar-refractivity contribution in [3.63, 3.8) is 0 Å². The summed E-state index contributed by atoms with van der Waals surface area (Å²) in [6.45, 7) is 8.06. The van der Waals surface area contributed by atoms with Crippen molar-refractivity contribution in [2.45, 2.75) is 44.6 Å². The van der Waals surface area contributed by atoms with Gasteiger partial charge in [0.15, 0.2) is 0 Å². The fourth-order valence-corrected chi connectivity index (χ4v) is 4.61. The normalized spacial score (nSPS) is 27.0. The van der Waals surface area contributed by atoms with Crippen LogP contribution in [0.4, 0.5) is 0 Å². The lowest BCUT2D eigenvalue weighted by Crippen LogP contribution is -2.54. The van der Waals surface area contributed by atoms with Crippen molar-refractivity contribution in [1.29, 1.82) is 0 Å². The van der Waals surface area contributed by atoms with Gasteiger partial charge in [-0.25, -0.2) is 0 Å². The van der Waals surface area contributed by atoms with Gasteiger partial charge in [-0.2, -0.15) is 0 Å². The number of piperidine rings is 1. The van der Waals surface area contributed by atoms with Crippen LogP contribution < -0.4 is 0 Å². The SMILES string of the molecule is O=C(CN1CCC(N2CCCC2)CC1)N1CCN(C(=O)C2CC2)CC1. The molecule has 0 radical (unpaired) electrons. The number of nitrogens with zero attached hydrogens (tertiary/aromatic N) is 4. The molecule has 6 heteroatoms. The maximum absolute atomic E-state index is 12.6. The molecule has 0 N–H and O–H groups in total. The standard InChI is InChI=1S/C19H32N4O2/c24-18(22-11-13-23(14-12-22)19(25)16-3-4-16)15-20-9-5-17(6-10-20)21-7-1-2-8-21/h16-17H,1-15H2. The maximum atomic E-state index is 12.6. The minimum atomic E-state index is 0.248. The van der Waals surface area contributed by atoms with Crippen LogP contribution >= 0.6 is 0 Å². The minimum Gasteiger partial charge on any atom is -0.339 e. The first-order chi connectivity index (χ1) is 12.2. The summed E-state index contributed by atoms with van der Waals surface area (Å²) in [5.74, 6) is 0.855. The van der Waals surface area contributed by atoms with Gasteiger partial charge in [-0.15, -0.1) is 0 Å². The summed E-state index contributed by atoms with van der Waals surface area (Å²) in [7, 11) is 0. The summed E-state index contributed by atoms with van der Waals surface area (Å²) in [5.41, 5.74) is 0. The summed E-state index contributed by atoms with van der Waals surface area (Å²) < 4.78 is 0. The molecule has 0 spiro atoms. The number of hydrogen-bond acceptors (Lipinski definition) is 4. The minimum absolute atomic E-state index is 0.248. The van der Waals surface area contributed by atoms with E-state index in [1.165, 1.54) is 38.8 Å². The van der Waals surface area contributed by atoms with Gasteiger partial charge in [0.25, 0.3) is 0 Å². The van der Waals surface area contributed by atoms with Crippen LogP contribution in [0, 0.1) is 5.92 Å². The van der Waals surface area contributed by atoms with Crippen LogP contribution in [0.1, 0.15) is 38.5 Å². The highest BCUT2D eigenvalue weighted by molar-refractivity contribution is 5.82. The van der Waals surface area contributed by atoms with E-state index in [2.05, 4.69) is 9.80 Å². The molecule has 0 unspecified atom stereocenters. The number of amides is 2. The number of carbonyl (C=O) groups is 2. The lowest BCUT2D eigenvalue weighted by molar-refractivity contribution is -0.141. The Bertz CT molecular complexity index is 486. The summed E-state index contributed by atoms with van der Waals surface area (Å²) in [6, 6.07) is 0.742. The highest BCUT2D eigenvalue weighted by atomic mass is 16.2. The zero-order chi connectivity index (χ0) is 17.2. The molecule has 0 aromatic rings. The Morgan fingerprint density at radius 1 is 0.720 bits per heavy atom. The largest absolute Gasteiger partial charge is 0.339 e. The first-order valence-electron chi connectivity index (χ1n) is 10.2. The highest BCUT2D eigenvalue weighted by Gasteiger charge is 2.35. The summed E-state index contributed by atoms with van der Waals surface area (Å²) in [6.07, 6.45) is 7.24. The van der Waals surface area contributed by atoms with E-state index in [-0.39, 0.29) is 5.91 Å². The molecule has 1 saturated carbocycles. The monoisotopic (exact) mass is 348 g/mol. The van der Waals surface area contributed by atoms with Gasteiger partial charge >= 0.3 is 0 Å². The number of rotatable bonds is 4. The molecule has 0 bridgehead atoms. The molecule has 1 aliphatic carbocycles. The molecule has 3 heterocycles. The van der Waals surface area contributed by atoms with Crippen LogP contribution in [0.3, 0.4) is 0 Å². The zero-order valence-electron chi connectivity index (χ0n) is 15.4. The third-order valence-electron chi connectivity index (χ3n) is 6.44. The Morgan fingerprint density at radius 2 is 1.32 bits per heavy atom. The summed E-state index contributed by atoms with van der Waals surface area (Å²) in [5, 5.41) is 0. The molecule has 140 valence electrons. The smallest absolute Gasteiger partial charge is 0.236 e. The fourth-order valence-electron chi connectivity index (χ4n) is 4.61. The molecular formula is C19H32N4O2. The van der Waals surface area contributed by atoms with Gasteiger partial charge in [0.1, 0.15) is 0 Å². The average molecular weight is 348 g/mol. The molecule has 25 heavy (non-hydrogen) atoms. The van der Waals surface area contributed by atoms with E-state index in [1.807, 2.05) is 9.80 Å². The van der Waals surface area contributed by atoms with Crippen LogP contribution in [0.15, 0.2) is 0 Å². The Kier molecular flexibility index (Phi) is 5.27. The Morgan fingerprint density at radius 3 is 1.92 bits per heavy atom. The molecule has 3 saturated heterocycles. The van der Waals surface area contributed by atoms with Crippen molar-refractivity contribution in [2.24, 2.45) is 5.92 Å². The fraction of sp³-hybridized carbons (Fsp3) is 0.895. The van der Waals surface area contributed by atoms with E-state index in [0.717, 1.165) is 45.1 Å². The van der Waals surface area contributed by atoms with E-state index in [1.54, 1.807) is 0 Å². The molecule has 6 nitrogen and oxygen atoms in total. The third kappa shape index (κ3) is 4.17. The second-order valence-electron chi connectivity index (χ2n) is 8.23. The van der Waals surface area contributed by atoms with E-state index in [9.17, 15) is 9.59 Å². The van der Waals surface area contributed by atoms with Gasteiger partial charge in [0.05, 0.1) is 6.54 Å². The molecule has 4 aliphatic rings. The van der Waals surface area contributed by atoms with E-state index >= 15 is 0 Å². The molecule has 0 atom stereocenters. The van der Waals surface area contributed by atoms with Crippen molar-refractivity contribution in [3.05, 3.63) is 0 Å². The molecule has 4 fully saturated rings. The Labute approximate surface area is 151 Å². The predicted octanol–water partition coefficient (Wildman–Crippen LogP) is 0.627. The Balaban J connectivity index is 1.17. The van der Waals surface area contributed by atoms with Crippen molar-refractivity contribution in [3.8, 4) is 0 Å². The second-order valence-corrected chi connectivity index (χ2v) is 8.23. The van der Waals surface area contributed by atoms with Gasteiger partial charge in [0, 0.05) is 51.2 Å². The van der Waals surface area contributed by atoms with Gasteiger partial charge in [-0.3, -0.25) is 14.5 Å². The zero-order valence-corrected chi connectivity index (χ0v) is 15.4. The number of hydrogen-bond donors (Lipinski definition) is 0. The van der Waals surface area contributed by atoms with E-state index in [4.69, 9.17) is 0 Å². The van der Waals surface area contributed by atoms with Crippen molar-refractivity contribution in [1.82, 2.24) is 19.6 Å². The van der Waals surface area contributed by atoms with Crippen molar-refractivity contribution in [2.75, 3.05) is 58.9 Å². The summed E-state index contributed by atoms with van der Waals surface area (Å²) in [4.78, 5) is 33.6. The maximum Gasteiger partial charge on any atom is 0.236 e. The average Bonchev–Trinajstić information content (AvgIpc) is 3.36. The number of carbonyl (C=O) groups excluding carboxylic acids is 2. The molecule has 0 aromatic heterocycles. The van der Waals surface area contributed by atoms with Gasteiger partial charge in [-0.05, 0) is 51.6 Å². The molecule has 0 aromatic carbocycles. The molecular weight excluding hydrogens is 316 g/mol. The van der Waals surface area contributed by atoms with Crippen molar-refractivity contribution >= 4 is 11.8 Å².